The molecule has 192 valence electrons. The van der Waals surface area contributed by atoms with Crippen LogP contribution in [0.1, 0.15) is 45.9 Å². The van der Waals surface area contributed by atoms with Crippen molar-refractivity contribution in [2.75, 3.05) is 20.3 Å². The number of aromatic nitrogens is 1. The van der Waals surface area contributed by atoms with Crippen LogP contribution in [0.2, 0.25) is 0 Å². The van der Waals surface area contributed by atoms with Gasteiger partial charge in [-0.05, 0) is 42.2 Å². The van der Waals surface area contributed by atoms with Gasteiger partial charge in [0.15, 0.2) is 5.69 Å². The molecule has 0 spiro atoms. The Morgan fingerprint density at radius 3 is 2.61 bits per heavy atom. The maximum atomic E-state index is 13.2. The summed E-state index contributed by atoms with van der Waals surface area (Å²) in [4.78, 5) is 18.7. The number of hydrogen-bond donors (Lipinski definition) is 1. The first-order chi connectivity index (χ1) is 17.3. The third-order valence-electron chi connectivity index (χ3n) is 5.88. The number of benzene rings is 2. The maximum Gasteiger partial charge on any atom is 0.416 e. The van der Waals surface area contributed by atoms with E-state index in [9.17, 15) is 18.0 Å². The highest BCUT2D eigenvalue weighted by molar-refractivity contribution is 5.91. The van der Waals surface area contributed by atoms with E-state index < -0.39 is 11.7 Å². The van der Waals surface area contributed by atoms with Crippen LogP contribution in [0.3, 0.4) is 0 Å². The van der Waals surface area contributed by atoms with E-state index in [-0.39, 0.29) is 36.7 Å². The molecule has 1 N–H and O–H groups in total. The van der Waals surface area contributed by atoms with E-state index in [1.165, 1.54) is 12.3 Å². The average molecular weight is 504 g/mol. The summed E-state index contributed by atoms with van der Waals surface area (Å²) < 4.78 is 55.9. The minimum atomic E-state index is -4.43. The molecule has 1 aliphatic rings. The molecule has 1 amide bonds. The number of oxazole rings is 1. The van der Waals surface area contributed by atoms with E-state index in [2.05, 4.69) is 10.3 Å². The number of alkyl halides is 3. The largest absolute Gasteiger partial charge is 0.497 e. The highest BCUT2D eigenvalue weighted by Gasteiger charge is 2.30. The van der Waals surface area contributed by atoms with E-state index in [4.69, 9.17) is 13.9 Å². The molecule has 2 aromatic carbocycles. The van der Waals surface area contributed by atoms with Crippen LogP contribution in [0.25, 0.3) is 0 Å². The van der Waals surface area contributed by atoms with Gasteiger partial charge in [-0.15, -0.1) is 0 Å². The standard InChI is InChI=1S/C26H28F3N3O4/c1-34-21-9-7-18(8-10-21)14-32(15-19-4-2-5-20(12-19)26(27,28)29)16-24-31-23(17-36-24)25(33)30-13-22-6-3-11-35-22/h2,4-5,7-10,12,17,22H,3,6,11,13-16H2,1H3,(H,30,33)/t22-/m1/s1. The number of nitrogens with one attached hydrogen (secondary N) is 1. The van der Waals surface area contributed by atoms with Gasteiger partial charge in [-0.3, -0.25) is 9.69 Å². The summed E-state index contributed by atoms with van der Waals surface area (Å²) in [5.74, 6) is 0.632. The van der Waals surface area contributed by atoms with Crippen molar-refractivity contribution in [3.63, 3.8) is 0 Å². The van der Waals surface area contributed by atoms with Gasteiger partial charge in [0.05, 0.1) is 25.3 Å². The van der Waals surface area contributed by atoms with Crippen molar-refractivity contribution in [2.45, 2.75) is 44.8 Å². The molecule has 0 unspecified atom stereocenters. The predicted molar refractivity (Wildman–Crippen MR) is 125 cm³/mol. The van der Waals surface area contributed by atoms with E-state index in [0.717, 1.165) is 30.5 Å². The summed E-state index contributed by atoms with van der Waals surface area (Å²) in [5.41, 5.74) is 0.875. The first-order valence-electron chi connectivity index (χ1n) is 11.7. The maximum absolute atomic E-state index is 13.2. The summed E-state index contributed by atoms with van der Waals surface area (Å²) in [6.07, 6.45) is -1.25. The molecule has 3 aromatic rings. The van der Waals surface area contributed by atoms with Crippen LogP contribution in [0.5, 0.6) is 5.75 Å². The van der Waals surface area contributed by atoms with Crippen LogP contribution in [0.4, 0.5) is 13.2 Å². The SMILES string of the molecule is COc1ccc(CN(Cc2cccc(C(F)(F)F)c2)Cc2nc(C(=O)NC[C@H]3CCCO3)co2)cc1. The van der Waals surface area contributed by atoms with Crippen molar-refractivity contribution < 1.29 is 31.9 Å². The van der Waals surface area contributed by atoms with Crippen LogP contribution in [-0.2, 0) is 30.5 Å². The molecule has 0 saturated carbocycles. The van der Waals surface area contributed by atoms with Crippen LogP contribution < -0.4 is 10.1 Å². The van der Waals surface area contributed by atoms with Gasteiger partial charge in [-0.25, -0.2) is 4.98 Å². The fraction of sp³-hybridized carbons (Fsp3) is 0.385. The van der Waals surface area contributed by atoms with Crippen molar-refractivity contribution in [3.05, 3.63) is 83.1 Å². The number of halogens is 3. The van der Waals surface area contributed by atoms with Crippen molar-refractivity contribution >= 4 is 5.91 Å². The molecule has 1 fully saturated rings. The normalized spacial score (nSPS) is 15.9. The Bertz CT molecular complexity index is 1140. The van der Waals surface area contributed by atoms with Crippen molar-refractivity contribution in [2.24, 2.45) is 0 Å². The van der Waals surface area contributed by atoms with Crippen LogP contribution in [0.15, 0.2) is 59.2 Å². The lowest BCUT2D eigenvalue weighted by Crippen LogP contribution is -2.32. The van der Waals surface area contributed by atoms with Crippen molar-refractivity contribution in [1.82, 2.24) is 15.2 Å². The lowest BCUT2D eigenvalue weighted by molar-refractivity contribution is -0.137. The Labute approximate surface area is 207 Å². The third-order valence-corrected chi connectivity index (χ3v) is 5.88. The molecule has 1 saturated heterocycles. The van der Waals surface area contributed by atoms with Gasteiger partial charge >= 0.3 is 6.18 Å². The first-order valence-corrected chi connectivity index (χ1v) is 11.7. The van der Waals surface area contributed by atoms with E-state index >= 15 is 0 Å². The predicted octanol–water partition coefficient (Wildman–Crippen LogP) is 4.81. The third kappa shape index (κ3) is 7.08. The van der Waals surface area contributed by atoms with Gasteiger partial charge < -0.3 is 19.2 Å². The summed E-state index contributed by atoms with van der Waals surface area (Å²) >= 11 is 0. The first kappa shape index (κ1) is 25.7. The highest BCUT2D eigenvalue weighted by Crippen LogP contribution is 2.30. The van der Waals surface area contributed by atoms with Gasteiger partial charge in [0.2, 0.25) is 5.89 Å². The van der Waals surface area contributed by atoms with Crippen molar-refractivity contribution in [3.8, 4) is 5.75 Å². The number of rotatable bonds is 10. The monoisotopic (exact) mass is 503 g/mol. The molecule has 0 bridgehead atoms. The zero-order valence-corrected chi connectivity index (χ0v) is 19.9. The molecule has 0 radical (unpaired) electrons. The number of nitrogens with zero attached hydrogens (tertiary/aromatic N) is 2. The van der Waals surface area contributed by atoms with Crippen LogP contribution >= 0.6 is 0 Å². The highest BCUT2D eigenvalue weighted by atomic mass is 19.4. The number of carbonyl (C=O) groups excluding carboxylic acids is 1. The van der Waals surface area contributed by atoms with Gasteiger partial charge in [0.25, 0.3) is 5.91 Å². The number of methoxy groups -OCH3 is 1. The zero-order valence-electron chi connectivity index (χ0n) is 19.9. The van der Waals surface area contributed by atoms with E-state index in [1.54, 1.807) is 13.2 Å². The van der Waals surface area contributed by atoms with Gasteiger partial charge in [-0.2, -0.15) is 13.2 Å². The minimum absolute atomic E-state index is 0.00720. The minimum Gasteiger partial charge on any atom is -0.497 e. The summed E-state index contributed by atoms with van der Waals surface area (Å²) in [6.45, 7) is 1.94. The lowest BCUT2D eigenvalue weighted by Gasteiger charge is -2.22. The molecular weight excluding hydrogens is 475 g/mol. The topological polar surface area (TPSA) is 76.8 Å². The Kier molecular flexibility index (Phi) is 8.27. The summed E-state index contributed by atoms with van der Waals surface area (Å²) in [6, 6.07) is 12.6. The molecule has 10 heteroatoms. The Morgan fingerprint density at radius 1 is 1.14 bits per heavy atom. The van der Waals surface area contributed by atoms with Gasteiger partial charge in [0, 0.05) is 26.2 Å². The van der Waals surface area contributed by atoms with E-state index in [1.807, 2.05) is 29.2 Å². The summed E-state index contributed by atoms with van der Waals surface area (Å²) in [5, 5.41) is 2.80. The second kappa shape index (κ2) is 11.6. The van der Waals surface area contributed by atoms with Gasteiger partial charge in [-0.1, -0.05) is 30.3 Å². The number of amides is 1. The number of carbonyl (C=O) groups is 1. The van der Waals surface area contributed by atoms with Crippen LogP contribution in [-0.4, -0.2) is 42.2 Å². The van der Waals surface area contributed by atoms with Crippen molar-refractivity contribution in [1.29, 1.82) is 0 Å². The second-order valence-corrected chi connectivity index (χ2v) is 8.66. The number of hydrogen-bond acceptors (Lipinski definition) is 6. The summed E-state index contributed by atoms with van der Waals surface area (Å²) in [7, 11) is 1.58. The molecule has 2 heterocycles. The van der Waals surface area contributed by atoms with E-state index in [0.29, 0.717) is 31.0 Å². The molecular formula is C26H28F3N3O4. The van der Waals surface area contributed by atoms with Crippen LogP contribution in [0, 0.1) is 0 Å². The molecule has 1 aliphatic heterocycles. The number of ether oxygens (including phenoxy) is 2. The quantitative estimate of drug-likeness (QED) is 0.428. The molecule has 1 aromatic heterocycles. The molecule has 7 nitrogen and oxygen atoms in total. The fourth-order valence-corrected chi connectivity index (χ4v) is 4.04. The average Bonchev–Trinajstić information content (AvgIpc) is 3.55. The smallest absolute Gasteiger partial charge is 0.416 e. The van der Waals surface area contributed by atoms with Gasteiger partial charge in [0.1, 0.15) is 12.0 Å². The Hall–Kier alpha value is -3.37. The lowest BCUT2D eigenvalue weighted by atomic mass is 10.1. The fourth-order valence-electron chi connectivity index (χ4n) is 4.04. The zero-order chi connectivity index (χ0) is 25.5. The Morgan fingerprint density at radius 2 is 1.92 bits per heavy atom. The molecule has 4 rings (SSSR count). The molecule has 0 aliphatic carbocycles. The Balaban J connectivity index is 1.47. The molecule has 1 atom stereocenters. The second-order valence-electron chi connectivity index (χ2n) is 8.66. The molecule has 36 heavy (non-hydrogen) atoms.